The first-order valence-electron chi connectivity index (χ1n) is 8.79. The number of hydrogen-bond acceptors (Lipinski definition) is 1. The van der Waals surface area contributed by atoms with Crippen LogP contribution in [0.15, 0.2) is 116 Å². The number of allylic oxidation sites excluding steroid dienone is 5. The van der Waals surface area contributed by atoms with Gasteiger partial charge in [0, 0.05) is 17.1 Å². The van der Waals surface area contributed by atoms with E-state index in [1.807, 2.05) is 37.3 Å². The zero-order chi connectivity index (χ0) is 18.2. The topological polar surface area (TPSA) is 3.24 Å². The summed E-state index contributed by atoms with van der Waals surface area (Å²) in [5.74, 6) is 0. The molecule has 0 atom stereocenters. The molecular formula is C25H23N. The molecule has 0 aliphatic carbocycles. The molecule has 3 rings (SSSR count). The Morgan fingerprint density at radius 1 is 0.731 bits per heavy atom. The smallest absolute Gasteiger partial charge is 0.0462 e. The van der Waals surface area contributed by atoms with E-state index in [0.29, 0.717) is 0 Å². The SMILES string of the molecule is C=C/C=C(\C=C/C)c1ccc(N(c2ccccc2)c2ccccc2)cc1. The molecule has 0 heterocycles. The van der Waals surface area contributed by atoms with Gasteiger partial charge in [-0.05, 0) is 54.5 Å². The summed E-state index contributed by atoms with van der Waals surface area (Å²) >= 11 is 0. The third-order valence-electron chi connectivity index (χ3n) is 4.13. The third-order valence-corrected chi connectivity index (χ3v) is 4.13. The second-order valence-electron chi connectivity index (χ2n) is 5.91. The molecule has 0 saturated carbocycles. The molecule has 0 unspecified atom stereocenters. The second-order valence-corrected chi connectivity index (χ2v) is 5.91. The molecule has 128 valence electrons. The van der Waals surface area contributed by atoms with Crippen LogP contribution in [0.2, 0.25) is 0 Å². The molecule has 0 spiro atoms. The number of anilines is 3. The van der Waals surface area contributed by atoms with Gasteiger partial charge in [0.25, 0.3) is 0 Å². The maximum Gasteiger partial charge on any atom is 0.0462 e. The zero-order valence-corrected chi connectivity index (χ0v) is 15.0. The first-order chi connectivity index (χ1) is 12.8. The van der Waals surface area contributed by atoms with Gasteiger partial charge in [-0.2, -0.15) is 0 Å². The minimum absolute atomic E-state index is 1.13. The van der Waals surface area contributed by atoms with Gasteiger partial charge in [-0.3, -0.25) is 0 Å². The minimum atomic E-state index is 1.13. The quantitative estimate of drug-likeness (QED) is 0.426. The van der Waals surface area contributed by atoms with Crippen molar-refractivity contribution in [1.29, 1.82) is 0 Å². The Balaban J connectivity index is 2.03. The van der Waals surface area contributed by atoms with Crippen molar-refractivity contribution in [3.63, 3.8) is 0 Å². The Morgan fingerprint density at radius 2 is 1.23 bits per heavy atom. The predicted octanol–water partition coefficient (Wildman–Crippen LogP) is 7.30. The van der Waals surface area contributed by atoms with Gasteiger partial charge in [-0.15, -0.1) is 0 Å². The van der Waals surface area contributed by atoms with E-state index in [1.54, 1.807) is 0 Å². The Bertz CT molecular complexity index is 848. The molecular weight excluding hydrogens is 314 g/mol. The van der Waals surface area contributed by atoms with Gasteiger partial charge in [0.2, 0.25) is 0 Å². The Morgan fingerprint density at radius 3 is 1.69 bits per heavy atom. The zero-order valence-electron chi connectivity index (χ0n) is 15.0. The van der Waals surface area contributed by atoms with Gasteiger partial charge < -0.3 is 4.90 Å². The lowest BCUT2D eigenvalue weighted by Gasteiger charge is -2.25. The summed E-state index contributed by atoms with van der Waals surface area (Å²) in [4.78, 5) is 2.26. The fourth-order valence-electron chi connectivity index (χ4n) is 2.96. The van der Waals surface area contributed by atoms with E-state index < -0.39 is 0 Å². The fraction of sp³-hybridized carbons (Fsp3) is 0.0400. The molecule has 0 aliphatic heterocycles. The van der Waals surface area contributed by atoms with Crippen LogP contribution in [0, 0.1) is 0 Å². The summed E-state index contributed by atoms with van der Waals surface area (Å²) in [5, 5.41) is 0. The summed E-state index contributed by atoms with van der Waals surface area (Å²) in [6.07, 6.45) is 8.00. The highest BCUT2D eigenvalue weighted by molar-refractivity contribution is 5.80. The molecule has 0 amide bonds. The van der Waals surface area contributed by atoms with Crippen LogP contribution in [0.3, 0.4) is 0 Å². The molecule has 0 fully saturated rings. The van der Waals surface area contributed by atoms with E-state index in [1.165, 1.54) is 5.56 Å². The molecule has 0 bridgehead atoms. The molecule has 0 aliphatic rings. The number of hydrogen-bond donors (Lipinski definition) is 0. The largest absolute Gasteiger partial charge is 0.311 e. The van der Waals surface area contributed by atoms with Crippen molar-refractivity contribution < 1.29 is 0 Å². The Kier molecular flexibility index (Phi) is 5.84. The molecule has 3 aromatic rings. The fourth-order valence-corrected chi connectivity index (χ4v) is 2.96. The predicted molar refractivity (Wildman–Crippen MR) is 114 cm³/mol. The summed E-state index contributed by atoms with van der Waals surface area (Å²) in [5.41, 5.74) is 5.74. The van der Waals surface area contributed by atoms with Crippen molar-refractivity contribution in [2.24, 2.45) is 0 Å². The van der Waals surface area contributed by atoms with Crippen molar-refractivity contribution in [3.05, 3.63) is 121 Å². The number of para-hydroxylation sites is 2. The highest BCUT2D eigenvalue weighted by atomic mass is 15.1. The van der Waals surface area contributed by atoms with E-state index >= 15 is 0 Å². The summed E-state index contributed by atoms with van der Waals surface area (Å²) in [6.45, 7) is 5.84. The van der Waals surface area contributed by atoms with Crippen molar-refractivity contribution in [3.8, 4) is 0 Å². The summed E-state index contributed by atoms with van der Waals surface area (Å²) < 4.78 is 0. The summed E-state index contributed by atoms with van der Waals surface area (Å²) in [7, 11) is 0. The molecule has 3 aromatic carbocycles. The van der Waals surface area contributed by atoms with Crippen molar-refractivity contribution in [1.82, 2.24) is 0 Å². The number of benzene rings is 3. The maximum absolute atomic E-state index is 3.81. The van der Waals surface area contributed by atoms with E-state index in [-0.39, 0.29) is 0 Å². The van der Waals surface area contributed by atoms with Gasteiger partial charge >= 0.3 is 0 Å². The van der Waals surface area contributed by atoms with Crippen LogP contribution in [0.1, 0.15) is 12.5 Å². The average Bonchev–Trinajstić information content (AvgIpc) is 2.70. The van der Waals surface area contributed by atoms with E-state index in [4.69, 9.17) is 0 Å². The van der Waals surface area contributed by atoms with Crippen molar-refractivity contribution in [2.45, 2.75) is 6.92 Å². The molecule has 0 N–H and O–H groups in total. The van der Waals surface area contributed by atoms with Gasteiger partial charge in [0.05, 0.1) is 0 Å². The van der Waals surface area contributed by atoms with Crippen LogP contribution in [0.5, 0.6) is 0 Å². The third kappa shape index (κ3) is 4.01. The van der Waals surface area contributed by atoms with Crippen molar-refractivity contribution in [2.75, 3.05) is 4.90 Å². The van der Waals surface area contributed by atoms with E-state index in [0.717, 1.165) is 22.6 Å². The van der Waals surface area contributed by atoms with Crippen LogP contribution in [0.25, 0.3) is 5.57 Å². The lowest BCUT2D eigenvalue weighted by Crippen LogP contribution is -2.09. The Hall–Kier alpha value is -3.32. The number of nitrogens with zero attached hydrogens (tertiary/aromatic N) is 1. The molecule has 1 nitrogen and oxygen atoms in total. The van der Waals surface area contributed by atoms with E-state index in [9.17, 15) is 0 Å². The first kappa shape index (κ1) is 17.5. The van der Waals surface area contributed by atoms with Gasteiger partial charge in [-0.1, -0.05) is 79.4 Å². The number of rotatable bonds is 6. The van der Waals surface area contributed by atoms with Gasteiger partial charge in [0.1, 0.15) is 0 Å². The lowest BCUT2D eigenvalue weighted by molar-refractivity contribution is 1.28. The van der Waals surface area contributed by atoms with Gasteiger partial charge in [0.15, 0.2) is 0 Å². The molecule has 1 heteroatoms. The highest BCUT2D eigenvalue weighted by Gasteiger charge is 2.11. The van der Waals surface area contributed by atoms with Crippen LogP contribution in [-0.4, -0.2) is 0 Å². The standard InChI is InChI=1S/C25H23N/c1-3-11-21(12-4-2)22-17-19-25(20-18-22)26(23-13-7-5-8-14-23)24-15-9-6-10-16-24/h3-20H,1H2,2H3/b12-4-,21-11+. The first-order valence-corrected chi connectivity index (χ1v) is 8.79. The summed E-state index contributed by atoms with van der Waals surface area (Å²) in [6, 6.07) is 29.5. The molecule has 26 heavy (non-hydrogen) atoms. The Labute approximate surface area is 156 Å². The van der Waals surface area contributed by atoms with Crippen molar-refractivity contribution >= 4 is 22.6 Å². The van der Waals surface area contributed by atoms with Crippen LogP contribution >= 0.6 is 0 Å². The van der Waals surface area contributed by atoms with E-state index in [2.05, 4.69) is 90.4 Å². The highest BCUT2D eigenvalue weighted by Crippen LogP contribution is 2.34. The van der Waals surface area contributed by atoms with Crippen LogP contribution in [0.4, 0.5) is 17.1 Å². The monoisotopic (exact) mass is 337 g/mol. The van der Waals surface area contributed by atoms with Gasteiger partial charge in [-0.25, -0.2) is 0 Å². The van der Waals surface area contributed by atoms with Crippen LogP contribution in [-0.2, 0) is 0 Å². The van der Waals surface area contributed by atoms with Crippen LogP contribution < -0.4 is 4.90 Å². The average molecular weight is 337 g/mol. The molecule has 0 aromatic heterocycles. The maximum atomic E-state index is 3.81. The molecule has 0 saturated heterocycles. The minimum Gasteiger partial charge on any atom is -0.311 e. The second kappa shape index (κ2) is 8.68. The molecule has 0 radical (unpaired) electrons. The normalized spacial score (nSPS) is 11.5. The lowest BCUT2D eigenvalue weighted by atomic mass is 10.0.